The summed E-state index contributed by atoms with van der Waals surface area (Å²) in [5.41, 5.74) is 19.4. The van der Waals surface area contributed by atoms with Gasteiger partial charge in [-0.3, -0.25) is 0 Å². The summed E-state index contributed by atoms with van der Waals surface area (Å²) in [6.45, 7) is 13.4. The number of nitrogens with zero attached hydrogens (tertiary/aromatic N) is 2. The average Bonchev–Trinajstić information content (AvgIpc) is 1.49. The van der Waals surface area contributed by atoms with Crippen LogP contribution in [0.15, 0.2) is 206 Å². The maximum Gasteiger partial charge on any atom is 0.0634 e. The van der Waals surface area contributed by atoms with Gasteiger partial charge in [0.1, 0.15) is 0 Å². The third-order valence-electron chi connectivity index (χ3n) is 19.0. The van der Waals surface area contributed by atoms with E-state index in [1.807, 2.05) is 38.1 Å². The zero-order valence-corrected chi connectivity index (χ0v) is 48.5. The fourth-order valence-corrected chi connectivity index (χ4v) is 14.8. The van der Waals surface area contributed by atoms with E-state index in [9.17, 15) is 0 Å². The molecule has 0 aliphatic rings. The maximum atomic E-state index is 8.57. The van der Waals surface area contributed by atoms with Crippen molar-refractivity contribution in [2.24, 2.45) is 0 Å². The highest BCUT2D eigenvalue weighted by molar-refractivity contribution is 6.39. The van der Waals surface area contributed by atoms with Crippen LogP contribution in [0.5, 0.6) is 0 Å². The third kappa shape index (κ3) is 6.86. The van der Waals surface area contributed by atoms with Crippen molar-refractivity contribution >= 4 is 119 Å². The van der Waals surface area contributed by atoms with Gasteiger partial charge in [-0.2, -0.15) is 0 Å². The van der Waals surface area contributed by atoms with Gasteiger partial charge in [0.2, 0.25) is 0 Å². The first-order chi connectivity index (χ1) is 43.0. The van der Waals surface area contributed by atoms with Crippen LogP contribution < -0.4 is 0 Å². The lowest BCUT2D eigenvalue weighted by atomic mass is 9.83. The number of rotatable bonds is 4. The van der Waals surface area contributed by atoms with E-state index in [1.54, 1.807) is 12.1 Å². The topological polar surface area (TPSA) is 8.82 Å². The number of aromatic nitrogens is 2. The van der Waals surface area contributed by atoms with Crippen molar-refractivity contribution in [3.8, 4) is 44.5 Å². The number of benzene rings is 13. The molecular weight excluding hydrogens is 1010 g/mol. The van der Waals surface area contributed by atoms with E-state index in [1.165, 1.54) is 86.8 Å². The van der Waals surface area contributed by atoms with E-state index in [0.717, 1.165) is 99.2 Å². The van der Waals surface area contributed by atoms with E-state index < -0.39 is 13.7 Å². The molecule has 0 fully saturated rings. The zero-order valence-electron chi connectivity index (χ0n) is 54.5. The third-order valence-corrected chi connectivity index (χ3v) is 19.0. The Hall–Kier alpha value is -9.50. The van der Waals surface area contributed by atoms with Gasteiger partial charge in [-0.1, -0.05) is 175 Å². The van der Waals surface area contributed by atoms with E-state index in [4.69, 9.17) is 8.22 Å². The number of hydrogen-bond acceptors (Lipinski definition) is 0. The molecule has 0 saturated heterocycles. The van der Waals surface area contributed by atoms with Gasteiger partial charge in [0.25, 0.3) is 0 Å². The Morgan fingerprint density at radius 1 is 0.286 bits per heavy atom. The molecule has 0 amide bonds. The lowest BCUT2D eigenvalue weighted by Crippen LogP contribution is -2.10. The Kier molecular flexibility index (Phi) is 8.78. The zero-order chi connectivity index (χ0) is 62.0. The molecule has 13 aromatic carbocycles. The second-order valence-corrected chi connectivity index (χ2v) is 26.2. The Balaban J connectivity index is 1.09. The van der Waals surface area contributed by atoms with Crippen molar-refractivity contribution in [1.82, 2.24) is 8.80 Å². The van der Waals surface area contributed by atoms with E-state index in [-0.39, 0.29) is 10.8 Å². The quantitative estimate of drug-likeness (QED) is 0.166. The molecule has 0 bridgehead atoms. The van der Waals surface area contributed by atoms with Gasteiger partial charge in [-0.25, -0.2) is 0 Å². The van der Waals surface area contributed by atoms with Crippen molar-refractivity contribution in [2.75, 3.05) is 0 Å². The highest BCUT2D eigenvalue weighted by atomic mass is 14.9. The molecule has 402 valence electrons. The molecule has 84 heavy (non-hydrogen) atoms. The van der Waals surface area contributed by atoms with Crippen LogP contribution >= 0.6 is 0 Å². The van der Waals surface area contributed by atoms with Crippen LogP contribution in [-0.2, 0) is 10.8 Å². The molecule has 4 heterocycles. The molecule has 2 heteroatoms. The van der Waals surface area contributed by atoms with E-state index in [2.05, 4.69) is 220 Å². The highest BCUT2D eigenvalue weighted by Crippen LogP contribution is 2.56. The molecule has 17 rings (SSSR count). The molecule has 0 N–H and O–H groups in total. The number of hydrogen-bond donors (Lipinski definition) is 0. The van der Waals surface area contributed by atoms with Gasteiger partial charge in [0.15, 0.2) is 0 Å². The summed E-state index contributed by atoms with van der Waals surface area (Å²) < 4.78 is 56.7. The fraction of sp³-hybridized carbons (Fsp3) is 0.146. The standard InChI is InChI=1S/C82H64N2/c1-45-17-15-18-46(2)71(45)57-29-25-55-35-59(31-27-53(55)33-57)73-75-67-43-61(81(5,6)7)41-65-64-38-50-22-12-14-24-52(50)40-70(64)84(77(65)67)80(75)74(60-32-28-54-34-58(30-26-56(54)36-60)72-47(3)19-16-20-48(72)4)76-68-44-62(82(8,9)10)42-66-63-37-49-21-11-13-23-51(49)39-69(63)83(78(66)68)79(73)76/h11-44H,1-10H3/i1D3,3D3. The van der Waals surface area contributed by atoms with Crippen molar-refractivity contribution in [1.29, 1.82) is 0 Å². The molecule has 0 radical (unpaired) electrons. The molecule has 0 aliphatic heterocycles. The smallest absolute Gasteiger partial charge is 0.0634 e. The molecule has 4 aromatic heterocycles. The van der Waals surface area contributed by atoms with Gasteiger partial charge < -0.3 is 8.80 Å². The van der Waals surface area contributed by atoms with Gasteiger partial charge in [-0.05, 0) is 221 Å². The van der Waals surface area contributed by atoms with Crippen LogP contribution in [0.3, 0.4) is 0 Å². The Labute approximate surface area is 497 Å². The molecule has 0 aliphatic carbocycles. The van der Waals surface area contributed by atoms with Gasteiger partial charge in [0.05, 0.1) is 33.1 Å². The van der Waals surface area contributed by atoms with Crippen molar-refractivity contribution < 1.29 is 8.22 Å². The van der Waals surface area contributed by atoms with Gasteiger partial charge in [-0.15, -0.1) is 0 Å². The Morgan fingerprint density at radius 2 is 0.607 bits per heavy atom. The predicted molar refractivity (Wildman–Crippen MR) is 364 cm³/mol. The monoisotopic (exact) mass is 1080 g/mol. The number of aryl methyl sites for hydroxylation is 4. The molecule has 0 saturated carbocycles. The summed E-state index contributed by atoms with van der Waals surface area (Å²) in [5.74, 6) is 0. The normalized spacial score (nSPS) is 14.2. The largest absolute Gasteiger partial charge is 0.307 e. The van der Waals surface area contributed by atoms with Crippen molar-refractivity contribution in [3.05, 3.63) is 240 Å². The summed E-state index contributed by atoms with van der Waals surface area (Å²) in [5, 5.41) is 18.5. The molecule has 0 atom stereocenters. The summed E-state index contributed by atoms with van der Waals surface area (Å²) in [6.07, 6.45) is 0. The van der Waals surface area contributed by atoms with E-state index >= 15 is 0 Å². The summed E-state index contributed by atoms with van der Waals surface area (Å²) >= 11 is 0. The summed E-state index contributed by atoms with van der Waals surface area (Å²) in [6, 6.07) is 75.1. The van der Waals surface area contributed by atoms with Crippen LogP contribution in [0.25, 0.3) is 164 Å². The fourth-order valence-electron chi connectivity index (χ4n) is 14.8. The van der Waals surface area contributed by atoms with Crippen LogP contribution in [-0.4, -0.2) is 8.80 Å². The predicted octanol–water partition coefficient (Wildman–Crippen LogP) is 23.1. The first-order valence-electron chi connectivity index (χ1n) is 32.6. The maximum absolute atomic E-state index is 8.57. The minimum Gasteiger partial charge on any atom is -0.307 e. The second kappa shape index (κ2) is 17.1. The van der Waals surface area contributed by atoms with Crippen LogP contribution in [0.4, 0.5) is 0 Å². The summed E-state index contributed by atoms with van der Waals surface area (Å²) in [4.78, 5) is 0. The molecule has 17 aromatic rings. The Bertz CT molecular complexity index is 5610. The van der Waals surface area contributed by atoms with E-state index in [0.29, 0.717) is 11.1 Å². The first-order valence-corrected chi connectivity index (χ1v) is 29.6. The Morgan fingerprint density at radius 3 is 0.964 bits per heavy atom. The molecular formula is C82H64N2. The van der Waals surface area contributed by atoms with Gasteiger partial charge >= 0.3 is 0 Å². The van der Waals surface area contributed by atoms with Gasteiger partial charge in [0, 0.05) is 62.4 Å². The second-order valence-electron chi connectivity index (χ2n) is 26.2. The first kappa shape index (κ1) is 43.2. The highest BCUT2D eigenvalue weighted by Gasteiger charge is 2.33. The minimum absolute atomic E-state index is 0.210. The summed E-state index contributed by atoms with van der Waals surface area (Å²) in [7, 11) is 0. The number of fused-ring (bicyclic) bond motifs is 16. The van der Waals surface area contributed by atoms with Crippen molar-refractivity contribution in [2.45, 2.75) is 79.9 Å². The molecule has 0 spiro atoms. The lowest BCUT2D eigenvalue weighted by Gasteiger charge is -2.21. The molecule has 0 unspecified atom stereocenters. The minimum atomic E-state index is -2.28. The lowest BCUT2D eigenvalue weighted by molar-refractivity contribution is 0.591. The van der Waals surface area contributed by atoms with Crippen LogP contribution in [0.2, 0.25) is 0 Å². The molecule has 2 nitrogen and oxygen atoms in total. The van der Waals surface area contributed by atoms with Crippen molar-refractivity contribution in [3.63, 3.8) is 0 Å². The average molecular weight is 1080 g/mol. The SMILES string of the molecule is [2H]C([2H])([2H])c1cccc(C)c1-c1ccc2cc(-c3c4c5cc(C(C)(C)C)cc6c7cc8ccccc8cc7n(c4c(-c4ccc7cc(-c8c(C)cccc8C([2H])([2H])[2H])ccc7c4)c4c7cc(C(C)(C)C)cc8c9cc%10ccccc%10cc9n(c34)c87)c65)ccc2c1. The van der Waals surface area contributed by atoms with Crippen LogP contribution in [0, 0.1) is 27.6 Å². The van der Waals surface area contributed by atoms with Crippen LogP contribution in [0.1, 0.15) is 83.1 Å².